The fraction of sp³-hybridized carbons (Fsp3) is 0.476. The Hall–Kier alpha value is -2.87. The quantitative estimate of drug-likeness (QED) is 0.823. The van der Waals surface area contributed by atoms with Crippen molar-refractivity contribution in [1.29, 1.82) is 0 Å². The molecule has 3 aliphatic heterocycles. The highest BCUT2D eigenvalue weighted by Gasteiger charge is 2.27. The number of fused-ring (bicyclic) bond motifs is 2. The molecule has 0 spiro atoms. The van der Waals surface area contributed by atoms with Crippen LogP contribution in [-0.4, -0.2) is 59.7 Å². The van der Waals surface area contributed by atoms with E-state index < -0.39 is 0 Å². The summed E-state index contributed by atoms with van der Waals surface area (Å²) in [5.74, 6) is 2.11. The van der Waals surface area contributed by atoms with E-state index in [1.54, 1.807) is 4.90 Å². The van der Waals surface area contributed by atoms with Crippen molar-refractivity contribution < 1.29 is 9.59 Å². The molecular weight excluding hydrogens is 368 g/mol. The molecule has 152 valence electrons. The van der Waals surface area contributed by atoms with Gasteiger partial charge in [0.1, 0.15) is 5.82 Å². The number of carbonyl (C=O) groups is 2. The normalized spacial score (nSPS) is 20.7. The molecule has 0 saturated carbocycles. The maximum atomic E-state index is 12.3. The van der Waals surface area contributed by atoms with Gasteiger partial charge in [0.2, 0.25) is 5.91 Å². The van der Waals surface area contributed by atoms with Gasteiger partial charge in [-0.1, -0.05) is 0 Å². The lowest BCUT2D eigenvalue weighted by Crippen LogP contribution is -2.34. The number of likely N-dealkylation sites (N-methyl/N-ethyl adjacent to an activating group) is 1. The lowest BCUT2D eigenvalue weighted by atomic mass is 9.98. The number of hydrogen-bond acceptors (Lipinski definition) is 5. The monoisotopic (exact) mass is 394 g/mol. The molecule has 1 aromatic carbocycles. The minimum atomic E-state index is 0.0263. The van der Waals surface area contributed by atoms with Gasteiger partial charge < -0.3 is 20.4 Å². The number of aromatic nitrogens is 2. The molecule has 3 aliphatic rings. The van der Waals surface area contributed by atoms with Crippen molar-refractivity contribution in [1.82, 2.24) is 20.0 Å². The number of amides is 2. The Morgan fingerprint density at radius 2 is 2.17 bits per heavy atom. The molecule has 8 nitrogen and oxygen atoms in total. The molecule has 1 atom stereocenters. The first-order valence-electron chi connectivity index (χ1n) is 10.3. The number of rotatable bonds is 4. The molecule has 1 unspecified atom stereocenters. The van der Waals surface area contributed by atoms with Gasteiger partial charge >= 0.3 is 0 Å². The Bertz CT molecular complexity index is 962. The highest BCUT2D eigenvalue weighted by Crippen LogP contribution is 2.34. The number of nitrogens with one attached hydrogen (secondary N) is 2. The summed E-state index contributed by atoms with van der Waals surface area (Å²) in [6, 6.07) is 7.99. The molecule has 5 rings (SSSR count). The molecule has 1 saturated heterocycles. The van der Waals surface area contributed by atoms with E-state index in [-0.39, 0.29) is 11.8 Å². The summed E-state index contributed by atoms with van der Waals surface area (Å²) in [5, 5.41) is 10.8. The van der Waals surface area contributed by atoms with E-state index in [0.29, 0.717) is 18.2 Å². The van der Waals surface area contributed by atoms with Crippen molar-refractivity contribution in [2.24, 2.45) is 5.92 Å². The Labute approximate surface area is 169 Å². The Balaban J connectivity index is 1.32. The van der Waals surface area contributed by atoms with Crippen molar-refractivity contribution in [3.8, 4) is 0 Å². The van der Waals surface area contributed by atoms with Gasteiger partial charge in [-0.05, 0) is 55.6 Å². The number of nitrogens with zero attached hydrogens (tertiary/aromatic N) is 4. The largest absolute Gasteiger partial charge is 0.341 e. The lowest BCUT2D eigenvalue weighted by Gasteiger charge is -2.26. The lowest BCUT2D eigenvalue weighted by molar-refractivity contribution is -0.117. The van der Waals surface area contributed by atoms with E-state index >= 15 is 0 Å². The van der Waals surface area contributed by atoms with E-state index in [0.717, 1.165) is 68.2 Å². The van der Waals surface area contributed by atoms with Crippen molar-refractivity contribution >= 4 is 29.1 Å². The number of benzene rings is 1. The second-order valence-corrected chi connectivity index (χ2v) is 8.19. The summed E-state index contributed by atoms with van der Waals surface area (Å²) in [7, 11) is 1.84. The zero-order chi connectivity index (χ0) is 20.0. The maximum absolute atomic E-state index is 12.3. The predicted molar refractivity (Wildman–Crippen MR) is 111 cm³/mol. The molecule has 4 heterocycles. The number of hydrogen-bond donors (Lipinski definition) is 2. The van der Waals surface area contributed by atoms with Gasteiger partial charge in [-0.25, -0.2) is 4.68 Å². The third kappa shape index (κ3) is 3.37. The molecule has 0 aliphatic carbocycles. The first-order valence-corrected chi connectivity index (χ1v) is 10.3. The highest BCUT2D eigenvalue weighted by atomic mass is 16.2. The summed E-state index contributed by atoms with van der Waals surface area (Å²) < 4.78 is 1.94. The molecule has 0 bridgehead atoms. The van der Waals surface area contributed by atoms with Crippen molar-refractivity contribution in [2.75, 3.05) is 43.4 Å². The SMILES string of the molecule is CN1CCc2cc(N3CCn4nc(NC(=O)CC5CCNC5)cc43)ccc2C1=O. The summed E-state index contributed by atoms with van der Waals surface area (Å²) in [4.78, 5) is 28.6. The molecule has 2 aromatic rings. The van der Waals surface area contributed by atoms with Crippen LogP contribution >= 0.6 is 0 Å². The standard InChI is InChI=1S/C21H26N6O2/c1-25-7-5-15-11-16(2-3-17(15)21(25)29)26-8-9-27-20(26)12-18(24-27)23-19(28)10-14-4-6-22-13-14/h2-3,11-12,14,22H,4-10,13H2,1H3,(H,23,24,28). The van der Waals surface area contributed by atoms with Crippen LogP contribution in [0.5, 0.6) is 0 Å². The molecule has 2 amide bonds. The molecular formula is C21H26N6O2. The first-order chi connectivity index (χ1) is 14.1. The minimum Gasteiger partial charge on any atom is -0.341 e. The molecule has 1 aromatic heterocycles. The van der Waals surface area contributed by atoms with E-state index in [2.05, 4.69) is 26.7 Å². The van der Waals surface area contributed by atoms with Crippen LogP contribution in [0.2, 0.25) is 0 Å². The van der Waals surface area contributed by atoms with Crippen LogP contribution in [0.15, 0.2) is 24.3 Å². The molecule has 1 fully saturated rings. The number of anilines is 3. The number of carbonyl (C=O) groups excluding carboxylic acids is 2. The van der Waals surface area contributed by atoms with Crippen LogP contribution < -0.4 is 15.5 Å². The van der Waals surface area contributed by atoms with Gasteiger partial charge in [0.25, 0.3) is 5.91 Å². The van der Waals surface area contributed by atoms with Crippen LogP contribution in [0.1, 0.15) is 28.8 Å². The van der Waals surface area contributed by atoms with Crippen molar-refractivity contribution in [3.05, 3.63) is 35.4 Å². The second kappa shape index (κ2) is 7.18. The van der Waals surface area contributed by atoms with Crippen LogP contribution in [0.25, 0.3) is 0 Å². The van der Waals surface area contributed by atoms with Gasteiger partial charge in [0.05, 0.1) is 6.54 Å². The fourth-order valence-electron chi connectivity index (χ4n) is 4.52. The first kappa shape index (κ1) is 18.2. The molecule has 29 heavy (non-hydrogen) atoms. The topological polar surface area (TPSA) is 82.5 Å². The average molecular weight is 394 g/mol. The highest BCUT2D eigenvalue weighted by molar-refractivity contribution is 5.97. The molecule has 0 radical (unpaired) electrons. The van der Waals surface area contributed by atoms with E-state index in [1.807, 2.05) is 29.9 Å². The maximum Gasteiger partial charge on any atom is 0.253 e. The van der Waals surface area contributed by atoms with E-state index in [1.165, 1.54) is 0 Å². The third-order valence-electron chi connectivity index (χ3n) is 6.17. The van der Waals surface area contributed by atoms with Crippen LogP contribution in [0, 0.1) is 5.92 Å². The Kier molecular flexibility index (Phi) is 4.50. The average Bonchev–Trinajstić information content (AvgIpc) is 3.42. The van der Waals surface area contributed by atoms with Crippen LogP contribution in [0.3, 0.4) is 0 Å². The summed E-state index contributed by atoms with van der Waals surface area (Å²) in [6.45, 7) is 4.26. The Morgan fingerprint density at radius 1 is 1.28 bits per heavy atom. The Morgan fingerprint density at radius 3 is 3.00 bits per heavy atom. The predicted octanol–water partition coefficient (Wildman–Crippen LogP) is 1.60. The van der Waals surface area contributed by atoms with E-state index in [9.17, 15) is 9.59 Å². The third-order valence-corrected chi connectivity index (χ3v) is 6.17. The van der Waals surface area contributed by atoms with Gasteiger partial charge in [0, 0.05) is 43.9 Å². The van der Waals surface area contributed by atoms with Gasteiger partial charge in [0.15, 0.2) is 5.82 Å². The zero-order valence-corrected chi connectivity index (χ0v) is 16.6. The van der Waals surface area contributed by atoms with Gasteiger partial charge in [-0.3, -0.25) is 9.59 Å². The van der Waals surface area contributed by atoms with Gasteiger partial charge in [-0.2, -0.15) is 5.10 Å². The van der Waals surface area contributed by atoms with Crippen LogP contribution in [0.4, 0.5) is 17.3 Å². The summed E-state index contributed by atoms with van der Waals surface area (Å²) in [6.07, 6.45) is 2.46. The minimum absolute atomic E-state index is 0.0263. The van der Waals surface area contributed by atoms with Crippen molar-refractivity contribution in [2.45, 2.75) is 25.8 Å². The smallest absolute Gasteiger partial charge is 0.253 e. The summed E-state index contributed by atoms with van der Waals surface area (Å²) in [5.41, 5.74) is 2.96. The zero-order valence-electron chi connectivity index (χ0n) is 16.6. The molecule has 8 heteroatoms. The fourth-order valence-corrected chi connectivity index (χ4v) is 4.52. The van der Waals surface area contributed by atoms with Gasteiger partial charge in [-0.15, -0.1) is 0 Å². The molecule has 2 N–H and O–H groups in total. The summed E-state index contributed by atoms with van der Waals surface area (Å²) >= 11 is 0. The van der Waals surface area contributed by atoms with Crippen LogP contribution in [-0.2, 0) is 17.8 Å². The van der Waals surface area contributed by atoms with E-state index in [4.69, 9.17) is 0 Å². The van der Waals surface area contributed by atoms with Crippen molar-refractivity contribution in [3.63, 3.8) is 0 Å². The second-order valence-electron chi connectivity index (χ2n) is 8.19.